The smallest absolute Gasteiger partial charge is 0.0781 e. The number of nitrogens with one attached hydrogen (secondary N) is 1. The molecule has 0 aromatic carbocycles. The average Bonchev–Trinajstić information content (AvgIpc) is 2.85. The van der Waals surface area contributed by atoms with Crippen LogP contribution in [0.1, 0.15) is 44.8 Å². The van der Waals surface area contributed by atoms with Crippen molar-refractivity contribution in [2.45, 2.75) is 51.8 Å². The normalized spacial score (nSPS) is 14.3. The highest BCUT2D eigenvalue weighted by Gasteiger charge is 2.27. The van der Waals surface area contributed by atoms with Crippen LogP contribution in [0.3, 0.4) is 0 Å². The molecule has 2 unspecified atom stereocenters. The number of hydrogen-bond donors (Lipinski definition) is 1. The standard InChI is InChI=1S/C15H28BrN3O2/c1-5-7-13(21-4)14(17-8-6-2)15-12(16)11-18-19(15)9-10-20-3/h11,13-14,17H,5-10H2,1-4H3. The Labute approximate surface area is 136 Å². The van der Waals surface area contributed by atoms with Gasteiger partial charge in [0.2, 0.25) is 0 Å². The van der Waals surface area contributed by atoms with Gasteiger partial charge in [-0.3, -0.25) is 4.68 Å². The van der Waals surface area contributed by atoms with Gasteiger partial charge in [0.25, 0.3) is 0 Å². The van der Waals surface area contributed by atoms with E-state index in [0.717, 1.165) is 42.5 Å². The highest BCUT2D eigenvalue weighted by atomic mass is 79.9. The molecule has 0 radical (unpaired) electrons. The second-order valence-electron chi connectivity index (χ2n) is 5.09. The van der Waals surface area contributed by atoms with Crippen molar-refractivity contribution in [3.8, 4) is 0 Å². The fourth-order valence-corrected chi connectivity index (χ4v) is 2.99. The van der Waals surface area contributed by atoms with Crippen molar-refractivity contribution < 1.29 is 9.47 Å². The second kappa shape index (κ2) is 10.3. The van der Waals surface area contributed by atoms with Crippen molar-refractivity contribution in [3.63, 3.8) is 0 Å². The van der Waals surface area contributed by atoms with E-state index >= 15 is 0 Å². The lowest BCUT2D eigenvalue weighted by Gasteiger charge is -2.28. The van der Waals surface area contributed by atoms with Gasteiger partial charge in [-0.2, -0.15) is 5.10 Å². The summed E-state index contributed by atoms with van der Waals surface area (Å²) >= 11 is 3.63. The second-order valence-corrected chi connectivity index (χ2v) is 5.94. The molecule has 0 aliphatic rings. The first-order valence-electron chi connectivity index (χ1n) is 7.65. The number of ether oxygens (including phenoxy) is 2. The van der Waals surface area contributed by atoms with Gasteiger partial charge in [0.1, 0.15) is 0 Å². The zero-order chi connectivity index (χ0) is 15.7. The van der Waals surface area contributed by atoms with Gasteiger partial charge in [0, 0.05) is 14.2 Å². The van der Waals surface area contributed by atoms with Crippen molar-refractivity contribution in [2.24, 2.45) is 0 Å². The van der Waals surface area contributed by atoms with E-state index in [1.54, 1.807) is 14.2 Å². The summed E-state index contributed by atoms with van der Waals surface area (Å²) in [5, 5.41) is 8.06. The SMILES string of the molecule is CCCNC(c1c(Br)cnn1CCOC)C(CCC)OC. The minimum absolute atomic E-state index is 0.128. The van der Waals surface area contributed by atoms with E-state index in [-0.39, 0.29) is 12.1 Å². The molecule has 21 heavy (non-hydrogen) atoms. The highest BCUT2D eigenvalue weighted by molar-refractivity contribution is 9.10. The Morgan fingerprint density at radius 1 is 1.33 bits per heavy atom. The van der Waals surface area contributed by atoms with E-state index in [0.29, 0.717) is 6.61 Å². The monoisotopic (exact) mass is 361 g/mol. The van der Waals surface area contributed by atoms with Gasteiger partial charge in [-0.25, -0.2) is 0 Å². The summed E-state index contributed by atoms with van der Waals surface area (Å²) in [6, 6.07) is 0.128. The Balaban J connectivity index is 3.02. The Hall–Kier alpha value is -0.430. The van der Waals surface area contributed by atoms with E-state index in [2.05, 4.69) is 40.2 Å². The molecule has 0 aliphatic carbocycles. The van der Waals surface area contributed by atoms with E-state index in [9.17, 15) is 0 Å². The quantitative estimate of drug-likeness (QED) is 0.657. The predicted octanol–water partition coefficient (Wildman–Crippen LogP) is 3.15. The molecular weight excluding hydrogens is 334 g/mol. The lowest BCUT2D eigenvalue weighted by molar-refractivity contribution is 0.0569. The number of rotatable bonds is 11. The molecule has 0 bridgehead atoms. The zero-order valence-electron chi connectivity index (χ0n) is 13.6. The summed E-state index contributed by atoms with van der Waals surface area (Å²) in [6.07, 6.45) is 5.18. The highest BCUT2D eigenvalue weighted by Crippen LogP contribution is 2.29. The summed E-state index contributed by atoms with van der Waals surface area (Å²) in [7, 11) is 3.49. The Morgan fingerprint density at radius 3 is 2.67 bits per heavy atom. The van der Waals surface area contributed by atoms with Crippen LogP contribution in [0.25, 0.3) is 0 Å². The van der Waals surface area contributed by atoms with Gasteiger partial charge >= 0.3 is 0 Å². The van der Waals surface area contributed by atoms with Crippen LogP contribution >= 0.6 is 15.9 Å². The number of nitrogens with zero attached hydrogens (tertiary/aromatic N) is 2. The molecule has 122 valence electrons. The summed E-state index contributed by atoms with van der Waals surface area (Å²) in [6.45, 7) is 6.69. The molecule has 1 heterocycles. The van der Waals surface area contributed by atoms with Gasteiger partial charge in [-0.1, -0.05) is 20.3 Å². The van der Waals surface area contributed by atoms with Crippen LogP contribution in [0.15, 0.2) is 10.7 Å². The third-order valence-electron chi connectivity index (χ3n) is 3.50. The van der Waals surface area contributed by atoms with Crippen LogP contribution in [0.4, 0.5) is 0 Å². The first-order valence-corrected chi connectivity index (χ1v) is 8.45. The fraction of sp³-hybridized carbons (Fsp3) is 0.800. The average molecular weight is 362 g/mol. The topological polar surface area (TPSA) is 48.3 Å². The van der Waals surface area contributed by atoms with Crippen LogP contribution in [-0.2, 0) is 16.0 Å². The number of halogens is 1. The number of aromatic nitrogens is 2. The number of hydrogen-bond acceptors (Lipinski definition) is 4. The van der Waals surface area contributed by atoms with Crippen LogP contribution < -0.4 is 5.32 Å². The Kier molecular flexibility index (Phi) is 9.15. The van der Waals surface area contributed by atoms with Crippen LogP contribution in [-0.4, -0.2) is 43.3 Å². The summed E-state index contributed by atoms with van der Waals surface area (Å²) in [4.78, 5) is 0. The summed E-state index contributed by atoms with van der Waals surface area (Å²) < 4.78 is 13.9. The molecule has 1 rings (SSSR count). The van der Waals surface area contributed by atoms with Gasteiger partial charge in [-0.15, -0.1) is 0 Å². The van der Waals surface area contributed by atoms with Crippen molar-refractivity contribution in [1.29, 1.82) is 0 Å². The van der Waals surface area contributed by atoms with Gasteiger partial charge in [0.05, 0.1) is 41.7 Å². The van der Waals surface area contributed by atoms with Crippen molar-refractivity contribution in [1.82, 2.24) is 15.1 Å². The maximum Gasteiger partial charge on any atom is 0.0781 e. The molecule has 0 amide bonds. The maximum atomic E-state index is 5.73. The molecule has 0 aliphatic heterocycles. The molecule has 1 aromatic rings. The van der Waals surface area contributed by atoms with Crippen LogP contribution in [0.5, 0.6) is 0 Å². The van der Waals surface area contributed by atoms with E-state index < -0.39 is 0 Å². The van der Waals surface area contributed by atoms with Crippen molar-refractivity contribution in [2.75, 3.05) is 27.4 Å². The summed E-state index contributed by atoms with van der Waals surface area (Å²) in [5.74, 6) is 0. The zero-order valence-corrected chi connectivity index (χ0v) is 15.1. The lowest BCUT2D eigenvalue weighted by atomic mass is 10.0. The fourth-order valence-electron chi connectivity index (χ4n) is 2.45. The minimum Gasteiger partial charge on any atom is -0.383 e. The predicted molar refractivity (Wildman–Crippen MR) is 88.5 cm³/mol. The van der Waals surface area contributed by atoms with E-state index in [4.69, 9.17) is 9.47 Å². The third kappa shape index (κ3) is 5.36. The van der Waals surface area contributed by atoms with E-state index in [1.807, 2.05) is 10.9 Å². The molecule has 0 spiro atoms. The molecule has 5 nitrogen and oxygen atoms in total. The molecule has 2 atom stereocenters. The first-order chi connectivity index (χ1) is 10.2. The molecule has 1 N–H and O–H groups in total. The van der Waals surface area contributed by atoms with Crippen LogP contribution in [0.2, 0.25) is 0 Å². The minimum atomic E-state index is 0.128. The lowest BCUT2D eigenvalue weighted by Crippen LogP contribution is -2.36. The number of methoxy groups -OCH3 is 2. The largest absolute Gasteiger partial charge is 0.383 e. The molecular formula is C15H28BrN3O2. The first kappa shape index (κ1) is 18.6. The van der Waals surface area contributed by atoms with Crippen molar-refractivity contribution >= 4 is 15.9 Å². The Bertz CT molecular complexity index is 398. The van der Waals surface area contributed by atoms with Crippen LogP contribution in [0, 0.1) is 0 Å². The van der Waals surface area contributed by atoms with E-state index in [1.165, 1.54) is 0 Å². The maximum absolute atomic E-state index is 5.73. The summed E-state index contributed by atoms with van der Waals surface area (Å²) in [5.41, 5.74) is 1.14. The molecule has 6 heteroatoms. The molecule has 1 aromatic heterocycles. The van der Waals surface area contributed by atoms with Gasteiger partial charge < -0.3 is 14.8 Å². The van der Waals surface area contributed by atoms with Gasteiger partial charge in [-0.05, 0) is 35.3 Å². The molecule has 0 saturated carbocycles. The van der Waals surface area contributed by atoms with Gasteiger partial charge in [0.15, 0.2) is 0 Å². The molecule has 0 saturated heterocycles. The Morgan fingerprint density at radius 2 is 2.10 bits per heavy atom. The molecule has 0 fully saturated rings. The third-order valence-corrected chi connectivity index (χ3v) is 4.11. The van der Waals surface area contributed by atoms with Crippen molar-refractivity contribution in [3.05, 3.63) is 16.4 Å².